The molecule has 0 aliphatic rings. The summed E-state index contributed by atoms with van der Waals surface area (Å²) in [5, 5.41) is 22.8. The lowest BCUT2D eigenvalue weighted by atomic mass is 10.0. The lowest BCUT2D eigenvalue weighted by molar-refractivity contribution is -0.123. The maximum absolute atomic E-state index is 12.3. The van der Waals surface area contributed by atoms with Crippen molar-refractivity contribution in [1.29, 1.82) is 0 Å². The van der Waals surface area contributed by atoms with Gasteiger partial charge < -0.3 is 15.5 Å². The number of hydrogen-bond donors (Lipinski definition) is 3. The number of unbranched alkanes of at least 4 members (excludes halogenated alkanes) is 24. The molecule has 0 aromatic heterocycles. The maximum atomic E-state index is 12.3. The summed E-state index contributed by atoms with van der Waals surface area (Å²) in [5.41, 5.74) is 0. The third-order valence-corrected chi connectivity index (χ3v) is 8.02. The maximum Gasteiger partial charge on any atom is 0.220 e. The molecule has 2 unspecified atom stereocenters. The Morgan fingerprint density at radius 3 is 1.33 bits per heavy atom. The van der Waals surface area contributed by atoms with Gasteiger partial charge in [0.25, 0.3) is 0 Å². The van der Waals surface area contributed by atoms with Gasteiger partial charge in [0.15, 0.2) is 0 Å². The fraction of sp³-hybridized carbons (Fsp3) is 0.914. The largest absolute Gasteiger partial charge is 0.394 e. The molecule has 0 heterocycles. The molecule has 0 fully saturated rings. The molecule has 4 nitrogen and oxygen atoms in total. The van der Waals surface area contributed by atoms with Crippen molar-refractivity contribution in [3.63, 3.8) is 0 Å². The first-order chi connectivity index (χ1) is 19.2. The Labute approximate surface area is 244 Å². The Bertz CT molecular complexity index is 522. The Morgan fingerprint density at radius 1 is 0.590 bits per heavy atom. The van der Waals surface area contributed by atoms with Crippen molar-refractivity contribution in [1.82, 2.24) is 5.32 Å². The third-order valence-electron chi connectivity index (χ3n) is 8.02. The fourth-order valence-corrected chi connectivity index (χ4v) is 5.29. The van der Waals surface area contributed by atoms with Crippen molar-refractivity contribution < 1.29 is 15.0 Å². The zero-order valence-electron chi connectivity index (χ0n) is 26.4. The minimum absolute atomic E-state index is 0.0647. The van der Waals surface area contributed by atoms with Crippen LogP contribution in [-0.2, 0) is 4.79 Å². The van der Waals surface area contributed by atoms with Gasteiger partial charge in [0.2, 0.25) is 5.91 Å². The van der Waals surface area contributed by atoms with Crippen molar-refractivity contribution in [3.8, 4) is 0 Å². The van der Waals surface area contributed by atoms with Crippen LogP contribution in [0.3, 0.4) is 0 Å². The Balaban J connectivity index is 3.62. The molecular formula is C35H69NO3. The van der Waals surface area contributed by atoms with Crippen LogP contribution in [0.1, 0.15) is 187 Å². The summed E-state index contributed by atoms with van der Waals surface area (Å²) in [4.78, 5) is 12.3. The number of carbonyl (C=O) groups is 1. The second-order valence-corrected chi connectivity index (χ2v) is 11.9. The van der Waals surface area contributed by atoms with Gasteiger partial charge in [-0.2, -0.15) is 0 Å². The van der Waals surface area contributed by atoms with Crippen LogP contribution < -0.4 is 5.32 Å². The highest BCUT2D eigenvalue weighted by Gasteiger charge is 2.17. The van der Waals surface area contributed by atoms with Gasteiger partial charge in [-0.25, -0.2) is 0 Å². The van der Waals surface area contributed by atoms with E-state index in [4.69, 9.17) is 0 Å². The predicted octanol–water partition coefficient (Wildman–Crippen LogP) is 9.95. The highest BCUT2D eigenvalue weighted by Crippen LogP contribution is 2.14. The predicted molar refractivity (Wildman–Crippen MR) is 170 cm³/mol. The van der Waals surface area contributed by atoms with E-state index in [1.165, 1.54) is 141 Å². The van der Waals surface area contributed by atoms with Crippen molar-refractivity contribution in [2.75, 3.05) is 6.61 Å². The summed E-state index contributed by atoms with van der Waals surface area (Å²) in [6, 6.07) is -0.613. The average Bonchev–Trinajstić information content (AvgIpc) is 2.94. The minimum atomic E-state index is -0.831. The second kappa shape index (κ2) is 31.7. The van der Waals surface area contributed by atoms with Gasteiger partial charge in [-0.05, 0) is 19.3 Å². The SMILES string of the molecule is CCCCCCCCCCCCCCC/C=C/C(O)C(CO)NC(=O)CCCCCCCCCCCCCC. The lowest BCUT2D eigenvalue weighted by Crippen LogP contribution is -2.45. The molecule has 0 bridgehead atoms. The molecule has 0 rings (SSSR count). The number of amides is 1. The van der Waals surface area contributed by atoms with E-state index in [-0.39, 0.29) is 12.5 Å². The number of aliphatic hydroxyl groups is 2. The first-order valence-corrected chi connectivity index (χ1v) is 17.4. The van der Waals surface area contributed by atoms with E-state index in [0.717, 1.165) is 25.7 Å². The van der Waals surface area contributed by atoms with Crippen LogP contribution >= 0.6 is 0 Å². The summed E-state index contributed by atoms with van der Waals surface area (Å²) in [5.74, 6) is -0.0647. The molecule has 4 heteroatoms. The van der Waals surface area contributed by atoms with Gasteiger partial charge in [0.05, 0.1) is 18.8 Å². The Morgan fingerprint density at radius 2 is 0.949 bits per heavy atom. The summed E-state index contributed by atoms with van der Waals surface area (Å²) in [6.45, 7) is 4.29. The number of carbonyl (C=O) groups excluding carboxylic acids is 1. The summed E-state index contributed by atoms with van der Waals surface area (Å²) in [6.07, 6.45) is 37.1. The van der Waals surface area contributed by atoms with E-state index < -0.39 is 12.1 Å². The molecule has 0 aromatic carbocycles. The number of hydrogen-bond acceptors (Lipinski definition) is 3. The van der Waals surface area contributed by atoms with Crippen molar-refractivity contribution in [3.05, 3.63) is 12.2 Å². The number of allylic oxidation sites excluding steroid dienone is 1. The molecule has 0 radical (unpaired) electrons. The van der Waals surface area contributed by atoms with Crippen molar-refractivity contribution >= 4 is 5.91 Å². The highest BCUT2D eigenvalue weighted by atomic mass is 16.3. The Kier molecular flexibility index (Phi) is 30.9. The highest BCUT2D eigenvalue weighted by molar-refractivity contribution is 5.76. The van der Waals surface area contributed by atoms with E-state index in [9.17, 15) is 15.0 Å². The van der Waals surface area contributed by atoms with E-state index in [2.05, 4.69) is 19.2 Å². The van der Waals surface area contributed by atoms with E-state index >= 15 is 0 Å². The van der Waals surface area contributed by atoms with E-state index in [1.54, 1.807) is 6.08 Å². The smallest absolute Gasteiger partial charge is 0.220 e. The molecule has 0 aromatic rings. The first-order valence-electron chi connectivity index (χ1n) is 17.4. The number of rotatable bonds is 31. The van der Waals surface area contributed by atoms with Crippen LogP contribution in [0, 0.1) is 0 Å². The van der Waals surface area contributed by atoms with Crippen molar-refractivity contribution in [2.45, 2.75) is 199 Å². The monoisotopic (exact) mass is 552 g/mol. The molecule has 232 valence electrons. The summed E-state index contributed by atoms with van der Waals surface area (Å²) in [7, 11) is 0. The summed E-state index contributed by atoms with van der Waals surface area (Å²) < 4.78 is 0. The molecule has 0 aliphatic heterocycles. The molecule has 0 saturated heterocycles. The molecule has 3 N–H and O–H groups in total. The molecule has 0 aliphatic carbocycles. The summed E-state index contributed by atoms with van der Waals surface area (Å²) >= 11 is 0. The Hall–Kier alpha value is -0.870. The van der Waals surface area contributed by atoms with Gasteiger partial charge in [-0.3, -0.25) is 4.79 Å². The van der Waals surface area contributed by atoms with Gasteiger partial charge in [0.1, 0.15) is 0 Å². The van der Waals surface area contributed by atoms with Crippen molar-refractivity contribution in [2.24, 2.45) is 0 Å². The van der Waals surface area contributed by atoms with Crippen LogP contribution in [-0.4, -0.2) is 34.9 Å². The van der Waals surface area contributed by atoms with Crippen LogP contribution in [0.5, 0.6) is 0 Å². The fourth-order valence-electron chi connectivity index (χ4n) is 5.29. The molecule has 2 atom stereocenters. The second-order valence-electron chi connectivity index (χ2n) is 11.9. The standard InChI is InChI=1S/C35H69NO3/c1-3-5-7-9-11-13-15-17-18-19-20-22-24-26-28-30-34(38)33(32-37)36-35(39)31-29-27-25-23-21-16-14-12-10-8-6-4-2/h28,30,33-34,37-38H,3-27,29,31-32H2,1-2H3,(H,36,39)/b30-28+. The quantitative estimate of drug-likeness (QED) is 0.0593. The number of aliphatic hydroxyl groups excluding tert-OH is 2. The van der Waals surface area contributed by atoms with Gasteiger partial charge in [-0.15, -0.1) is 0 Å². The van der Waals surface area contributed by atoms with Crippen LogP contribution in [0.25, 0.3) is 0 Å². The zero-order chi connectivity index (χ0) is 28.7. The normalized spacial score (nSPS) is 13.2. The first kappa shape index (κ1) is 38.1. The van der Waals surface area contributed by atoms with Gasteiger partial charge >= 0.3 is 0 Å². The molecule has 39 heavy (non-hydrogen) atoms. The lowest BCUT2D eigenvalue weighted by Gasteiger charge is -2.20. The number of nitrogens with one attached hydrogen (secondary N) is 1. The van der Waals surface area contributed by atoms with Gasteiger partial charge in [0, 0.05) is 6.42 Å². The third kappa shape index (κ3) is 28.5. The van der Waals surface area contributed by atoms with E-state index in [0.29, 0.717) is 6.42 Å². The minimum Gasteiger partial charge on any atom is -0.394 e. The van der Waals surface area contributed by atoms with Gasteiger partial charge in [-0.1, -0.05) is 174 Å². The van der Waals surface area contributed by atoms with Crippen LogP contribution in [0.4, 0.5) is 0 Å². The van der Waals surface area contributed by atoms with Crippen LogP contribution in [0.2, 0.25) is 0 Å². The van der Waals surface area contributed by atoms with E-state index in [1.807, 2.05) is 6.08 Å². The molecule has 1 amide bonds. The molecule has 0 spiro atoms. The molecule has 0 saturated carbocycles. The topological polar surface area (TPSA) is 69.6 Å². The zero-order valence-corrected chi connectivity index (χ0v) is 26.4. The molecular weight excluding hydrogens is 482 g/mol. The van der Waals surface area contributed by atoms with Crippen LogP contribution in [0.15, 0.2) is 12.2 Å². The average molecular weight is 552 g/mol.